The molecule has 0 bridgehead atoms. The molecule has 1 fully saturated rings. The van der Waals surface area contributed by atoms with Gasteiger partial charge in [-0.1, -0.05) is 0 Å². The Labute approximate surface area is 121 Å². The Morgan fingerprint density at radius 1 is 1.60 bits per heavy atom. The van der Waals surface area contributed by atoms with E-state index in [1.54, 1.807) is 6.92 Å². The first-order chi connectivity index (χ1) is 9.51. The van der Waals surface area contributed by atoms with Crippen molar-refractivity contribution in [3.05, 3.63) is 28.0 Å². The molecule has 0 aliphatic carbocycles. The minimum absolute atomic E-state index is 0.114. The van der Waals surface area contributed by atoms with Crippen LogP contribution in [0.25, 0.3) is 6.08 Å². The quantitative estimate of drug-likeness (QED) is 0.815. The van der Waals surface area contributed by atoms with E-state index in [9.17, 15) is 9.59 Å². The molecule has 2 N–H and O–H groups in total. The Bertz CT molecular complexity index is 529. The van der Waals surface area contributed by atoms with Gasteiger partial charge in [-0.25, -0.2) is 4.79 Å². The Morgan fingerprint density at radius 3 is 3.05 bits per heavy atom. The highest BCUT2D eigenvalue weighted by atomic mass is 32.1. The molecule has 0 saturated carbocycles. The van der Waals surface area contributed by atoms with E-state index < -0.39 is 11.6 Å². The third kappa shape index (κ3) is 3.46. The number of nitrogens with one attached hydrogen (secondary N) is 1. The summed E-state index contributed by atoms with van der Waals surface area (Å²) in [6.07, 6.45) is 4.26. The summed E-state index contributed by atoms with van der Waals surface area (Å²) in [6.45, 7) is 2.80. The number of hydrogen-bond acceptors (Lipinski definition) is 4. The Hall–Kier alpha value is -1.66. The average Bonchev–Trinajstić information content (AvgIpc) is 3.03. The fourth-order valence-electron chi connectivity index (χ4n) is 2.11. The van der Waals surface area contributed by atoms with E-state index in [1.807, 2.05) is 11.4 Å². The number of carboxylic acids is 1. The lowest BCUT2D eigenvalue weighted by Crippen LogP contribution is -2.43. The molecule has 1 aliphatic rings. The van der Waals surface area contributed by atoms with Crippen LogP contribution in [-0.2, 0) is 20.9 Å². The van der Waals surface area contributed by atoms with Crippen molar-refractivity contribution in [2.45, 2.75) is 31.9 Å². The second kappa shape index (κ2) is 6.19. The lowest BCUT2D eigenvalue weighted by atomic mass is 10.0. The number of ether oxygens (including phenoxy) is 1. The summed E-state index contributed by atoms with van der Waals surface area (Å²) < 4.78 is 5.48. The highest BCUT2D eigenvalue weighted by Gasteiger charge is 2.37. The molecule has 1 saturated heterocycles. The van der Waals surface area contributed by atoms with Crippen molar-refractivity contribution >= 4 is 29.3 Å². The van der Waals surface area contributed by atoms with Gasteiger partial charge in [-0.05, 0) is 42.9 Å². The smallest absolute Gasteiger partial charge is 0.328 e. The van der Waals surface area contributed by atoms with Crippen LogP contribution in [0.3, 0.4) is 0 Å². The minimum atomic E-state index is -0.988. The molecule has 0 spiro atoms. The minimum Gasteiger partial charge on any atom is -0.478 e. The van der Waals surface area contributed by atoms with E-state index in [4.69, 9.17) is 9.84 Å². The van der Waals surface area contributed by atoms with Crippen molar-refractivity contribution in [2.75, 3.05) is 6.61 Å². The molecule has 1 atom stereocenters. The lowest BCUT2D eigenvalue weighted by molar-refractivity contribution is -0.139. The molecule has 108 valence electrons. The molecule has 1 aromatic heterocycles. The third-order valence-corrected chi connectivity index (χ3v) is 4.23. The molecule has 6 heteroatoms. The van der Waals surface area contributed by atoms with Crippen molar-refractivity contribution in [1.29, 1.82) is 0 Å². The number of carboxylic acid groups (broad SMARTS) is 1. The molecule has 1 amide bonds. The topological polar surface area (TPSA) is 75.6 Å². The Balaban J connectivity index is 1.96. The number of aliphatic carboxylic acids is 1. The van der Waals surface area contributed by atoms with Gasteiger partial charge in [0.05, 0.1) is 6.54 Å². The summed E-state index contributed by atoms with van der Waals surface area (Å²) in [5.41, 5.74) is 0.0871. The second-order valence-corrected chi connectivity index (χ2v) is 5.84. The van der Waals surface area contributed by atoms with Crippen LogP contribution in [0.5, 0.6) is 0 Å². The van der Waals surface area contributed by atoms with Crippen molar-refractivity contribution in [3.63, 3.8) is 0 Å². The SMILES string of the molecule is CC1(C(=O)NCc2sccc2/C=C/C(=O)O)CCCO1. The predicted molar refractivity (Wildman–Crippen MR) is 76.4 cm³/mol. The van der Waals surface area contributed by atoms with E-state index >= 15 is 0 Å². The van der Waals surface area contributed by atoms with Crippen LogP contribution in [0.15, 0.2) is 17.5 Å². The molecule has 5 nitrogen and oxygen atoms in total. The molecule has 0 aromatic carbocycles. The third-order valence-electron chi connectivity index (χ3n) is 3.29. The maximum Gasteiger partial charge on any atom is 0.328 e. The first-order valence-electron chi connectivity index (χ1n) is 6.41. The monoisotopic (exact) mass is 295 g/mol. The Kier molecular flexibility index (Phi) is 4.57. The largest absolute Gasteiger partial charge is 0.478 e. The van der Waals surface area contributed by atoms with E-state index in [1.165, 1.54) is 17.4 Å². The number of amides is 1. The number of carbonyl (C=O) groups is 2. The van der Waals surface area contributed by atoms with Crippen molar-refractivity contribution in [3.8, 4) is 0 Å². The van der Waals surface area contributed by atoms with Gasteiger partial charge in [-0.3, -0.25) is 4.79 Å². The van der Waals surface area contributed by atoms with Gasteiger partial charge in [0.25, 0.3) is 5.91 Å². The zero-order valence-corrected chi connectivity index (χ0v) is 12.0. The van der Waals surface area contributed by atoms with E-state index in [2.05, 4.69) is 5.32 Å². The van der Waals surface area contributed by atoms with Gasteiger partial charge >= 0.3 is 5.97 Å². The van der Waals surface area contributed by atoms with Gasteiger partial charge in [-0.2, -0.15) is 0 Å². The number of rotatable bonds is 5. The molecular formula is C14H17NO4S. The normalized spacial score (nSPS) is 22.2. The molecule has 2 heterocycles. The van der Waals surface area contributed by atoms with Crippen LogP contribution in [0.2, 0.25) is 0 Å². The van der Waals surface area contributed by atoms with Crippen molar-refractivity contribution < 1.29 is 19.4 Å². The molecule has 2 rings (SSSR count). The fourth-order valence-corrected chi connectivity index (χ4v) is 2.92. The molecule has 1 unspecified atom stereocenters. The fraction of sp³-hybridized carbons (Fsp3) is 0.429. The summed E-state index contributed by atoms with van der Waals surface area (Å²) in [4.78, 5) is 23.5. The highest BCUT2D eigenvalue weighted by Crippen LogP contribution is 2.25. The molecule has 1 aliphatic heterocycles. The van der Waals surface area contributed by atoms with Gasteiger partial charge in [0.1, 0.15) is 5.60 Å². The van der Waals surface area contributed by atoms with Crippen LogP contribution in [0, 0.1) is 0 Å². The van der Waals surface area contributed by atoms with E-state index in [0.717, 1.165) is 29.4 Å². The summed E-state index contributed by atoms with van der Waals surface area (Å²) in [5.74, 6) is -1.10. The zero-order valence-electron chi connectivity index (χ0n) is 11.2. The van der Waals surface area contributed by atoms with Crippen molar-refractivity contribution in [2.24, 2.45) is 0 Å². The first-order valence-corrected chi connectivity index (χ1v) is 7.29. The predicted octanol–water partition coefficient (Wildman–Crippen LogP) is 2.03. The van der Waals surface area contributed by atoms with Gasteiger partial charge < -0.3 is 15.2 Å². The van der Waals surface area contributed by atoms with Crippen LogP contribution in [0.1, 0.15) is 30.2 Å². The molecule has 1 aromatic rings. The van der Waals surface area contributed by atoms with Crippen LogP contribution in [-0.4, -0.2) is 29.2 Å². The van der Waals surface area contributed by atoms with Crippen molar-refractivity contribution in [1.82, 2.24) is 5.32 Å². The van der Waals surface area contributed by atoms with Crippen LogP contribution in [0.4, 0.5) is 0 Å². The van der Waals surface area contributed by atoms with Gasteiger partial charge in [0.15, 0.2) is 0 Å². The summed E-state index contributed by atoms with van der Waals surface area (Å²) in [5, 5.41) is 13.4. The van der Waals surface area contributed by atoms with Crippen LogP contribution >= 0.6 is 11.3 Å². The number of carbonyl (C=O) groups excluding carboxylic acids is 1. The molecule has 0 radical (unpaired) electrons. The Morgan fingerprint density at radius 2 is 2.40 bits per heavy atom. The highest BCUT2D eigenvalue weighted by molar-refractivity contribution is 7.10. The maximum atomic E-state index is 12.1. The van der Waals surface area contributed by atoms with Crippen LogP contribution < -0.4 is 5.32 Å². The van der Waals surface area contributed by atoms with Gasteiger partial charge in [-0.15, -0.1) is 11.3 Å². The average molecular weight is 295 g/mol. The van der Waals surface area contributed by atoms with Gasteiger partial charge in [0.2, 0.25) is 0 Å². The second-order valence-electron chi connectivity index (χ2n) is 4.84. The maximum absolute atomic E-state index is 12.1. The summed E-state index contributed by atoms with van der Waals surface area (Å²) in [6, 6.07) is 1.83. The van der Waals surface area contributed by atoms with Gasteiger partial charge in [0, 0.05) is 17.6 Å². The van der Waals surface area contributed by atoms with E-state index in [0.29, 0.717) is 13.2 Å². The number of hydrogen-bond donors (Lipinski definition) is 2. The molecule has 20 heavy (non-hydrogen) atoms. The summed E-state index contributed by atoms with van der Waals surface area (Å²) >= 11 is 1.48. The van der Waals surface area contributed by atoms with E-state index in [-0.39, 0.29) is 5.91 Å². The lowest BCUT2D eigenvalue weighted by Gasteiger charge is -2.21. The number of thiophene rings is 1. The standard InChI is InChI=1S/C14H17NO4S/c1-14(6-2-7-19-14)13(18)15-9-11-10(5-8-20-11)3-4-12(16)17/h3-5,8H,2,6-7,9H2,1H3,(H,15,18)(H,16,17)/b4-3+. The summed E-state index contributed by atoms with van der Waals surface area (Å²) in [7, 11) is 0. The zero-order chi connectivity index (χ0) is 14.6. The molecular weight excluding hydrogens is 278 g/mol. The first kappa shape index (κ1) is 14.7.